The van der Waals surface area contributed by atoms with E-state index in [0.717, 1.165) is 24.8 Å². The van der Waals surface area contributed by atoms with Crippen molar-refractivity contribution in [3.05, 3.63) is 41.7 Å². The molecule has 0 unspecified atom stereocenters. The van der Waals surface area contributed by atoms with E-state index >= 15 is 0 Å². The van der Waals surface area contributed by atoms with Gasteiger partial charge in [0.25, 0.3) is 0 Å². The normalized spacial score (nSPS) is 10.3. The molecule has 4 heteroatoms. The lowest BCUT2D eigenvalue weighted by Gasteiger charge is -2.06. The van der Waals surface area contributed by atoms with Crippen LogP contribution in [-0.4, -0.2) is 16.1 Å². The Balaban J connectivity index is 2.19. The van der Waals surface area contributed by atoms with Crippen molar-refractivity contribution in [1.82, 2.24) is 9.78 Å². The number of hydrogen-bond acceptors (Lipinski definition) is 3. The molecule has 2 rings (SSSR count). The Morgan fingerprint density at radius 2 is 2.28 bits per heavy atom. The van der Waals surface area contributed by atoms with Gasteiger partial charge in [-0.15, -0.1) is 0 Å². The largest absolute Gasteiger partial charge is 0.453 e. The summed E-state index contributed by atoms with van der Waals surface area (Å²) in [6.07, 6.45) is 5.31. The van der Waals surface area contributed by atoms with Crippen molar-refractivity contribution in [2.45, 2.75) is 26.8 Å². The first-order valence-corrected chi connectivity index (χ1v) is 5.99. The van der Waals surface area contributed by atoms with Crippen LogP contribution < -0.4 is 4.74 Å². The first-order chi connectivity index (χ1) is 8.72. The molecule has 1 aromatic heterocycles. The van der Waals surface area contributed by atoms with E-state index in [1.165, 1.54) is 0 Å². The standard InChI is InChI=1S/C14H16N2O2/c1-3-6-16-9-13(8-15-16)18-14-5-4-11(2)7-12(14)10-17/h4-5,7-10H,3,6H2,1-2H3. The van der Waals surface area contributed by atoms with Crippen LogP contribution >= 0.6 is 0 Å². The van der Waals surface area contributed by atoms with Crippen LogP contribution in [0.15, 0.2) is 30.6 Å². The summed E-state index contributed by atoms with van der Waals surface area (Å²) < 4.78 is 7.49. The minimum Gasteiger partial charge on any atom is -0.453 e. The molecule has 0 saturated heterocycles. The van der Waals surface area contributed by atoms with Crippen molar-refractivity contribution in [2.24, 2.45) is 0 Å². The van der Waals surface area contributed by atoms with Crippen LogP contribution in [-0.2, 0) is 6.54 Å². The Bertz CT molecular complexity index is 546. The zero-order valence-electron chi connectivity index (χ0n) is 10.6. The zero-order chi connectivity index (χ0) is 13.0. The lowest BCUT2D eigenvalue weighted by atomic mass is 10.1. The van der Waals surface area contributed by atoms with Gasteiger partial charge in [0, 0.05) is 6.54 Å². The van der Waals surface area contributed by atoms with Gasteiger partial charge in [-0.3, -0.25) is 9.48 Å². The Labute approximate surface area is 106 Å². The molecule has 2 aromatic rings. The molecule has 0 aliphatic rings. The van der Waals surface area contributed by atoms with Gasteiger partial charge in [-0.05, 0) is 25.5 Å². The third kappa shape index (κ3) is 2.77. The molecule has 0 atom stereocenters. The number of benzene rings is 1. The molecule has 0 radical (unpaired) electrons. The fraction of sp³-hybridized carbons (Fsp3) is 0.286. The number of carbonyl (C=O) groups excluding carboxylic acids is 1. The van der Waals surface area contributed by atoms with Crippen molar-refractivity contribution in [2.75, 3.05) is 0 Å². The highest BCUT2D eigenvalue weighted by Crippen LogP contribution is 2.24. The smallest absolute Gasteiger partial charge is 0.165 e. The molecule has 0 fully saturated rings. The molecule has 0 spiro atoms. The van der Waals surface area contributed by atoms with Crippen LogP contribution in [0.3, 0.4) is 0 Å². The van der Waals surface area contributed by atoms with Crippen LogP contribution in [0.1, 0.15) is 29.3 Å². The molecule has 4 nitrogen and oxygen atoms in total. The first-order valence-electron chi connectivity index (χ1n) is 5.99. The van der Waals surface area contributed by atoms with Crippen molar-refractivity contribution in [1.29, 1.82) is 0 Å². The topological polar surface area (TPSA) is 44.1 Å². The van der Waals surface area contributed by atoms with Gasteiger partial charge in [-0.25, -0.2) is 0 Å². The number of ether oxygens (including phenoxy) is 1. The Hall–Kier alpha value is -2.10. The van der Waals surface area contributed by atoms with Crippen molar-refractivity contribution in [3.8, 4) is 11.5 Å². The molecule has 1 heterocycles. The van der Waals surface area contributed by atoms with Crippen molar-refractivity contribution in [3.63, 3.8) is 0 Å². The number of rotatable bonds is 5. The molecule has 1 aromatic carbocycles. The van der Waals surface area contributed by atoms with Crippen LogP contribution in [0.2, 0.25) is 0 Å². The third-order valence-corrected chi connectivity index (χ3v) is 2.58. The second-order valence-corrected chi connectivity index (χ2v) is 4.20. The van der Waals surface area contributed by atoms with Crippen LogP contribution in [0.4, 0.5) is 0 Å². The minimum atomic E-state index is 0.554. The highest BCUT2D eigenvalue weighted by Gasteiger charge is 2.06. The maximum Gasteiger partial charge on any atom is 0.165 e. The molecular weight excluding hydrogens is 228 g/mol. The van der Waals surface area contributed by atoms with E-state index in [0.29, 0.717) is 17.1 Å². The van der Waals surface area contributed by atoms with Gasteiger partial charge in [0.05, 0.1) is 18.0 Å². The van der Waals surface area contributed by atoms with Gasteiger partial charge in [0.2, 0.25) is 0 Å². The fourth-order valence-corrected chi connectivity index (χ4v) is 1.73. The third-order valence-electron chi connectivity index (χ3n) is 2.58. The molecule has 94 valence electrons. The number of hydrogen-bond donors (Lipinski definition) is 0. The Kier molecular flexibility index (Phi) is 3.77. The predicted molar refractivity (Wildman–Crippen MR) is 69.2 cm³/mol. The quantitative estimate of drug-likeness (QED) is 0.758. The monoisotopic (exact) mass is 244 g/mol. The first kappa shape index (κ1) is 12.4. The molecular formula is C14H16N2O2. The second kappa shape index (κ2) is 5.49. The van der Waals surface area contributed by atoms with E-state index in [4.69, 9.17) is 4.74 Å². The van der Waals surface area contributed by atoms with E-state index in [-0.39, 0.29) is 0 Å². The lowest BCUT2D eigenvalue weighted by Crippen LogP contribution is -1.95. The molecule has 0 amide bonds. The predicted octanol–water partition coefficient (Wildman–Crippen LogP) is 3.21. The molecule has 0 saturated carbocycles. The maximum atomic E-state index is 11.0. The van der Waals surface area contributed by atoms with E-state index < -0.39 is 0 Å². The van der Waals surface area contributed by atoms with Gasteiger partial charge in [-0.1, -0.05) is 18.6 Å². The van der Waals surface area contributed by atoms with Crippen LogP contribution in [0, 0.1) is 6.92 Å². The van der Waals surface area contributed by atoms with Gasteiger partial charge >= 0.3 is 0 Å². The summed E-state index contributed by atoms with van der Waals surface area (Å²) >= 11 is 0. The number of aldehydes is 1. The molecule has 18 heavy (non-hydrogen) atoms. The number of aryl methyl sites for hydroxylation is 2. The van der Waals surface area contributed by atoms with Crippen molar-refractivity contribution < 1.29 is 9.53 Å². The highest BCUT2D eigenvalue weighted by atomic mass is 16.5. The summed E-state index contributed by atoms with van der Waals surface area (Å²) in [5.41, 5.74) is 1.59. The summed E-state index contributed by atoms with van der Waals surface area (Å²) in [5.74, 6) is 1.21. The summed E-state index contributed by atoms with van der Waals surface area (Å²) in [6, 6.07) is 5.52. The van der Waals surface area contributed by atoms with Gasteiger partial charge in [0.1, 0.15) is 5.75 Å². The SMILES string of the molecule is CCCn1cc(Oc2ccc(C)cc2C=O)cn1. The highest BCUT2D eigenvalue weighted by molar-refractivity contribution is 5.79. The molecule has 0 aliphatic carbocycles. The molecule has 0 aliphatic heterocycles. The van der Waals surface area contributed by atoms with E-state index in [2.05, 4.69) is 12.0 Å². The summed E-state index contributed by atoms with van der Waals surface area (Å²) in [5, 5.41) is 4.18. The number of carbonyl (C=O) groups is 1. The maximum absolute atomic E-state index is 11.0. The van der Waals surface area contributed by atoms with Gasteiger partial charge in [0.15, 0.2) is 12.0 Å². The average molecular weight is 244 g/mol. The lowest BCUT2D eigenvalue weighted by molar-refractivity contribution is 0.112. The number of nitrogens with zero attached hydrogens (tertiary/aromatic N) is 2. The van der Waals surface area contributed by atoms with Gasteiger partial charge < -0.3 is 4.74 Å². The Morgan fingerprint density at radius 1 is 1.44 bits per heavy atom. The average Bonchev–Trinajstić information content (AvgIpc) is 2.79. The van der Waals surface area contributed by atoms with Crippen LogP contribution in [0.5, 0.6) is 11.5 Å². The zero-order valence-corrected chi connectivity index (χ0v) is 10.6. The Morgan fingerprint density at radius 3 is 3.00 bits per heavy atom. The molecule has 0 bridgehead atoms. The summed E-state index contributed by atoms with van der Waals surface area (Å²) in [6.45, 7) is 4.89. The number of aromatic nitrogens is 2. The molecule has 0 N–H and O–H groups in total. The minimum absolute atomic E-state index is 0.554. The van der Waals surface area contributed by atoms with E-state index in [9.17, 15) is 4.79 Å². The van der Waals surface area contributed by atoms with Crippen molar-refractivity contribution >= 4 is 6.29 Å². The summed E-state index contributed by atoms with van der Waals surface area (Å²) in [4.78, 5) is 11.0. The summed E-state index contributed by atoms with van der Waals surface area (Å²) in [7, 11) is 0. The fourth-order valence-electron chi connectivity index (χ4n) is 1.73. The van der Waals surface area contributed by atoms with Crippen LogP contribution in [0.25, 0.3) is 0 Å². The van der Waals surface area contributed by atoms with E-state index in [1.807, 2.05) is 23.9 Å². The van der Waals surface area contributed by atoms with E-state index in [1.54, 1.807) is 18.3 Å². The second-order valence-electron chi connectivity index (χ2n) is 4.20. The van der Waals surface area contributed by atoms with Gasteiger partial charge in [-0.2, -0.15) is 5.10 Å².